The van der Waals surface area contributed by atoms with Crippen molar-refractivity contribution in [1.29, 1.82) is 0 Å². The van der Waals surface area contributed by atoms with E-state index in [4.69, 9.17) is 5.73 Å². The molecule has 0 aliphatic rings. The van der Waals surface area contributed by atoms with Gasteiger partial charge in [-0.2, -0.15) is 0 Å². The summed E-state index contributed by atoms with van der Waals surface area (Å²) in [4.78, 5) is 10.9. The third-order valence-electron chi connectivity index (χ3n) is 2.58. The van der Waals surface area contributed by atoms with E-state index < -0.39 is 5.91 Å². The minimum Gasteiger partial charge on any atom is -0.381 e. The van der Waals surface area contributed by atoms with E-state index in [-0.39, 0.29) is 0 Å². The van der Waals surface area contributed by atoms with Gasteiger partial charge in [-0.05, 0) is 42.0 Å². The Bertz CT molecular complexity index is 535. The molecule has 2 aromatic rings. The van der Waals surface area contributed by atoms with Crippen molar-refractivity contribution >= 4 is 27.5 Å². The van der Waals surface area contributed by atoms with Crippen LogP contribution >= 0.6 is 15.9 Å². The standard InChI is InChI=1S/C14H13BrN2O/c15-12-5-1-10(2-6-12)9-17-13-7-3-11(4-8-13)14(16)18/h1-8,17H,9H2,(H2,16,18). The van der Waals surface area contributed by atoms with Gasteiger partial charge >= 0.3 is 0 Å². The van der Waals surface area contributed by atoms with E-state index in [2.05, 4.69) is 33.4 Å². The van der Waals surface area contributed by atoms with Gasteiger partial charge in [0.15, 0.2) is 0 Å². The van der Waals surface area contributed by atoms with E-state index in [0.717, 1.165) is 16.7 Å². The first kappa shape index (κ1) is 12.6. The topological polar surface area (TPSA) is 55.1 Å². The number of hydrogen-bond donors (Lipinski definition) is 2. The van der Waals surface area contributed by atoms with Crippen LogP contribution in [-0.2, 0) is 6.54 Å². The molecular formula is C14H13BrN2O. The molecule has 0 aliphatic carbocycles. The predicted octanol–water partition coefficient (Wildman–Crippen LogP) is 3.16. The molecule has 3 nitrogen and oxygen atoms in total. The fraction of sp³-hybridized carbons (Fsp3) is 0.0714. The highest BCUT2D eigenvalue weighted by molar-refractivity contribution is 9.10. The maximum atomic E-state index is 10.9. The fourth-order valence-electron chi connectivity index (χ4n) is 1.56. The molecule has 0 atom stereocenters. The van der Waals surface area contributed by atoms with Crippen LogP contribution < -0.4 is 11.1 Å². The lowest BCUT2D eigenvalue weighted by molar-refractivity contribution is 0.100. The van der Waals surface area contributed by atoms with Gasteiger partial charge in [0.05, 0.1) is 0 Å². The summed E-state index contributed by atoms with van der Waals surface area (Å²) in [5.74, 6) is -0.408. The summed E-state index contributed by atoms with van der Waals surface area (Å²) in [5, 5.41) is 3.28. The van der Waals surface area contributed by atoms with Gasteiger partial charge < -0.3 is 11.1 Å². The second-order valence-electron chi connectivity index (χ2n) is 3.92. The number of primary amides is 1. The van der Waals surface area contributed by atoms with Crippen LogP contribution in [-0.4, -0.2) is 5.91 Å². The summed E-state index contributed by atoms with van der Waals surface area (Å²) < 4.78 is 1.07. The highest BCUT2D eigenvalue weighted by Gasteiger charge is 1.99. The first-order valence-corrected chi connectivity index (χ1v) is 6.32. The Hall–Kier alpha value is -1.81. The average Bonchev–Trinajstić information content (AvgIpc) is 2.38. The molecule has 0 fully saturated rings. The maximum Gasteiger partial charge on any atom is 0.248 e. The second kappa shape index (κ2) is 5.69. The van der Waals surface area contributed by atoms with Crippen LogP contribution in [0.2, 0.25) is 0 Å². The first-order chi connectivity index (χ1) is 8.65. The van der Waals surface area contributed by atoms with Gasteiger partial charge in [0.1, 0.15) is 0 Å². The molecule has 0 aromatic heterocycles. The highest BCUT2D eigenvalue weighted by Crippen LogP contribution is 2.13. The summed E-state index contributed by atoms with van der Waals surface area (Å²) in [5.41, 5.74) is 7.85. The van der Waals surface area contributed by atoms with Gasteiger partial charge in [0.25, 0.3) is 0 Å². The van der Waals surface area contributed by atoms with Crippen LogP contribution in [0.1, 0.15) is 15.9 Å². The van der Waals surface area contributed by atoms with Crippen LogP contribution in [0.4, 0.5) is 5.69 Å². The molecule has 4 heteroatoms. The Morgan fingerprint density at radius 2 is 1.67 bits per heavy atom. The smallest absolute Gasteiger partial charge is 0.248 e. The summed E-state index contributed by atoms with van der Waals surface area (Å²) >= 11 is 3.40. The van der Waals surface area contributed by atoms with Crippen LogP contribution in [0.3, 0.4) is 0 Å². The zero-order valence-corrected chi connectivity index (χ0v) is 11.3. The van der Waals surface area contributed by atoms with Crippen LogP contribution in [0, 0.1) is 0 Å². The molecule has 2 rings (SSSR count). The quantitative estimate of drug-likeness (QED) is 0.911. The van der Waals surface area contributed by atoms with Crippen molar-refractivity contribution in [3.05, 3.63) is 64.1 Å². The lowest BCUT2D eigenvalue weighted by atomic mass is 10.2. The monoisotopic (exact) mass is 304 g/mol. The summed E-state index contributed by atoms with van der Waals surface area (Å²) in [6.07, 6.45) is 0. The molecule has 2 aromatic carbocycles. The van der Waals surface area contributed by atoms with Crippen LogP contribution in [0.5, 0.6) is 0 Å². The van der Waals surface area contributed by atoms with Crippen molar-refractivity contribution in [2.45, 2.75) is 6.54 Å². The van der Waals surface area contributed by atoms with Crippen LogP contribution in [0.15, 0.2) is 53.0 Å². The molecule has 1 amide bonds. The molecule has 3 N–H and O–H groups in total. The van der Waals surface area contributed by atoms with Gasteiger partial charge in [-0.1, -0.05) is 28.1 Å². The van der Waals surface area contributed by atoms with Crippen molar-refractivity contribution in [1.82, 2.24) is 0 Å². The Balaban J connectivity index is 1.97. The molecule has 0 saturated carbocycles. The van der Waals surface area contributed by atoms with Crippen molar-refractivity contribution in [2.75, 3.05) is 5.32 Å². The lowest BCUT2D eigenvalue weighted by Crippen LogP contribution is -2.10. The van der Waals surface area contributed by atoms with E-state index in [0.29, 0.717) is 5.56 Å². The van der Waals surface area contributed by atoms with Crippen molar-refractivity contribution in [3.63, 3.8) is 0 Å². The molecule has 0 spiro atoms. The van der Waals surface area contributed by atoms with Gasteiger partial charge in [-0.15, -0.1) is 0 Å². The largest absolute Gasteiger partial charge is 0.381 e. The summed E-state index contributed by atoms with van der Waals surface area (Å²) in [6, 6.07) is 15.2. The van der Waals surface area contributed by atoms with Crippen molar-refractivity contribution in [2.24, 2.45) is 5.73 Å². The molecule has 0 saturated heterocycles. The van der Waals surface area contributed by atoms with E-state index >= 15 is 0 Å². The molecule has 0 heterocycles. The first-order valence-electron chi connectivity index (χ1n) is 5.53. The summed E-state index contributed by atoms with van der Waals surface area (Å²) in [7, 11) is 0. The normalized spacial score (nSPS) is 10.1. The molecule has 0 radical (unpaired) electrons. The van der Waals surface area contributed by atoms with E-state index in [1.807, 2.05) is 24.3 Å². The SMILES string of the molecule is NC(=O)c1ccc(NCc2ccc(Br)cc2)cc1. The van der Waals surface area contributed by atoms with Gasteiger partial charge in [0.2, 0.25) is 5.91 Å². The third kappa shape index (κ3) is 3.34. The Labute approximate surface area is 114 Å². The number of nitrogens with one attached hydrogen (secondary N) is 1. The average molecular weight is 305 g/mol. The Morgan fingerprint density at radius 1 is 1.06 bits per heavy atom. The number of anilines is 1. The second-order valence-corrected chi connectivity index (χ2v) is 4.84. The fourth-order valence-corrected chi connectivity index (χ4v) is 1.82. The highest BCUT2D eigenvalue weighted by atomic mass is 79.9. The zero-order valence-electron chi connectivity index (χ0n) is 9.69. The molecule has 0 aliphatic heterocycles. The van der Waals surface area contributed by atoms with E-state index in [1.165, 1.54) is 5.56 Å². The number of halogens is 1. The number of amides is 1. The Morgan fingerprint density at radius 3 is 2.22 bits per heavy atom. The van der Waals surface area contributed by atoms with E-state index in [1.54, 1.807) is 12.1 Å². The van der Waals surface area contributed by atoms with Crippen LogP contribution in [0.25, 0.3) is 0 Å². The van der Waals surface area contributed by atoms with Gasteiger partial charge in [0, 0.05) is 22.3 Å². The van der Waals surface area contributed by atoms with Gasteiger partial charge in [-0.3, -0.25) is 4.79 Å². The number of hydrogen-bond acceptors (Lipinski definition) is 2. The lowest BCUT2D eigenvalue weighted by Gasteiger charge is -2.07. The molecule has 0 bridgehead atoms. The third-order valence-corrected chi connectivity index (χ3v) is 3.11. The molecule has 18 heavy (non-hydrogen) atoms. The summed E-state index contributed by atoms with van der Waals surface area (Å²) in [6.45, 7) is 0.739. The molecule has 0 unspecified atom stereocenters. The van der Waals surface area contributed by atoms with E-state index in [9.17, 15) is 4.79 Å². The Kier molecular flexibility index (Phi) is 3.99. The number of carbonyl (C=O) groups excluding carboxylic acids is 1. The van der Waals surface area contributed by atoms with Gasteiger partial charge in [-0.25, -0.2) is 0 Å². The maximum absolute atomic E-state index is 10.9. The minimum atomic E-state index is -0.408. The number of benzene rings is 2. The number of carbonyl (C=O) groups is 1. The predicted molar refractivity (Wildman–Crippen MR) is 76.4 cm³/mol. The molecule has 92 valence electrons. The van der Waals surface area contributed by atoms with Crippen molar-refractivity contribution < 1.29 is 4.79 Å². The number of rotatable bonds is 4. The molecular weight excluding hydrogens is 292 g/mol. The minimum absolute atomic E-state index is 0.408. The van der Waals surface area contributed by atoms with Crippen molar-refractivity contribution in [3.8, 4) is 0 Å². The number of nitrogens with two attached hydrogens (primary N) is 1. The zero-order chi connectivity index (χ0) is 13.0.